The molecule has 2 aromatic rings. The number of nitrogen functional groups attached to an aromatic ring is 1. The Bertz CT molecular complexity index is 884. The first kappa shape index (κ1) is 17.4. The van der Waals surface area contributed by atoms with Gasteiger partial charge in [-0.05, 0) is 33.0 Å². The minimum atomic E-state index is -0.718. The maximum Gasteiger partial charge on any atom is 0.294 e. The highest BCUT2D eigenvalue weighted by Gasteiger charge is 2.29. The van der Waals surface area contributed by atoms with Crippen molar-refractivity contribution in [3.05, 3.63) is 33.1 Å². The number of aromatic nitrogens is 1. The fourth-order valence-electron chi connectivity index (χ4n) is 3.38. The highest BCUT2D eigenvalue weighted by Crippen LogP contribution is 2.41. The molecule has 132 valence electrons. The van der Waals surface area contributed by atoms with Crippen molar-refractivity contribution in [2.24, 2.45) is 0 Å². The van der Waals surface area contributed by atoms with Gasteiger partial charge in [-0.1, -0.05) is 11.6 Å². The number of Topliss-reactive ketones (excluding diaryl/α,β-unsaturated/α-hetero) is 1. The summed E-state index contributed by atoms with van der Waals surface area (Å²) in [6.07, 6.45) is 3.48. The van der Waals surface area contributed by atoms with E-state index in [2.05, 4.69) is 4.90 Å². The van der Waals surface area contributed by atoms with Crippen LogP contribution in [0.5, 0.6) is 0 Å². The number of hydrogen-bond donors (Lipinski definition) is 1. The summed E-state index contributed by atoms with van der Waals surface area (Å²) in [5.41, 5.74) is 5.40. The van der Waals surface area contributed by atoms with E-state index < -0.39 is 10.7 Å². The second-order valence-electron chi connectivity index (χ2n) is 6.25. The molecule has 1 aromatic carbocycles. The molecule has 0 bridgehead atoms. The van der Waals surface area contributed by atoms with E-state index in [1.54, 1.807) is 10.8 Å². The van der Waals surface area contributed by atoms with Gasteiger partial charge in [-0.25, -0.2) is 0 Å². The highest BCUT2D eigenvalue weighted by atomic mass is 35.5. The molecule has 2 heterocycles. The number of ketones is 1. The molecule has 0 saturated carbocycles. The van der Waals surface area contributed by atoms with E-state index in [4.69, 9.17) is 17.3 Å². The van der Waals surface area contributed by atoms with E-state index in [9.17, 15) is 19.7 Å². The number of benzene rings is 1. The fraction of sp³-hybridized carbons (Fsp3) is 0.375. The molecule has 0 atom stereocenters. The number of nitro groups is 1. The summed E-state index contributed by atoms with van der Waals surface area (Å²) < 4.78 is 1.73. The molecular formula is C16H17ClN4O4. The van der Waals surface area contributed by atoms with Crippen LogP contribution in [-0.4, -0.2) is 46.6 Å². The van der Waals surface area contributed by atoms with Crippen molar-refractivity contribution in [3.63, 3.8) is 0 Å². The Kier molecular flexibility index (Phi) is 4.49. The van der Waals surface area contributed by atoms with Gasteiger partial charge in [0, 0.05) is 29.1 Å². The number of carbonyl (C=O) groups excluding carboxylic acids is 2. The molecule has 25 heavy (non-hydrogen) atoms. The summed E-state index contributed by atoms with van der Waals surface area (Å²) >= 11 is 6.24. The predicted molar refractivity (Wildman–Crippen MR) is 94.2 cm³/mol. The Morgan fingerprint density at radius 1 is 1.44 bits per heavy atom. The summed E-state index contributed by atoms with van der Waals surface area (Å²) in [5, 5.41) is 11.8. The van der Waals surface area contributed by atoms with Gasteiger partial charge in [-0.15, -0.1) is 0 Å². The van der Waals surface area contributed by atoms with Crippen LogP contribution >= 0.6 is 11.6 Å². The first-order chi connectivity index (χ1) is 11.8. The van der Waals surface area contributed by atoms with Crippen molar-refractivity contribution < 1.29 is 14.5 Å². The lowest BCUT2D eigenvalue weighted by molar-refractivity contribution is -0.383. The number of rotatable bonds is 4. The average molecular weight is 365 g/mol. The second-order valence-corrected chi connectivity index (χ2v) is 6.62. The molecule has 0 radical (unpaired) electrons. The Morgan fingerprint density at radius 3 is 2.64 bits per heavy atom. The number of hydrogen-bond acceptors (Lipinski definition) is 6. The SMILES string of the molecule is CN1CCC(n2cc3cc([N+](=O)[O-])c(N)c(Cl)c3c2C(=O)C=O)CC1. The monoisotopic (exact) mass is 364 g/mol. The van der Waals surface area contributed by atoms with Crippen LogP contribution in [0.3, 0.4) is 0 Å². The molecule has 1 aliphatic heterocycles. The van der Waals surface area contributed by atoms with Crippen molar-refractivity contribution in [1.82, 2.24) is 9.47 Å². The molecule has 2 N–H and O–H groups in total. The molecular weight excluding hydrogens is 348 g/mol. The quantitative estimate of drug-likeness (QED) is 0.223. The van der Waals surface area contributed by atoms with Gasteiger partial charge in [0.1, 0.15) is 11.4 Å². The number of likely N-dealkylation sites (tertiary alicyclic amines) is 1. The van der Waals surface area contributed by atoms with E-state index in [1.165, 1.54) is 6.07 Å². The first-order valence-corrected chi connectivity index (χ1v) is 8.18. The summed E-state index contributed by atoms with van der Waals surface area (Å²) in [4.78, 5) is 36.1. The van der Waals surface area contributed by atoms with Crippen LogP contribution in [0.1, 0.15) is 29.4 Å². The maximum atomic E-state index is 12.3. The Balaban J connectivity index is 2.26. The van der Waals surface area contributed by atoms with Crippen molar-refractivity contribution in [2.45, 2.75) is 18.9 Å². The number of carbonyl (C=O) groups is 2. The van der Waals surface area contributed by atoms with Gasteiger partial charge in [0.05, 0.1) is 9.95 Å². The zero-order valence-electron chi connectivity index (χ0n) is 13.6. The maximum absolute atomic E-state index is 12.3. The van der Waals surface area contributed by atoms with E-state index in [-0.39, 0.29) is 34.4 Å². The van der Waals surface area contributed by atoms with Crippen molar-refractivity contribution in [1.29, 1.82) is 0 Å². The molecule has 1 aliphatic rings. The molecule has 9 heteroatoms. The van der Waals surface area contributed by atoms with Crippen molar-refractivity contribution in [3.8, 4) is 0 Å². The highest BCUT2D eigenvalue weighted by molar-refractivity contribution is 6.43. The fourth-order valence-corrected chi connectivity index (χ4v) is 3.67. The van der Waals surface area contributed by atoms with Crippen LogP contribution in [0.25, 0.3) is 10.8 Å². The van der Waals surface area contributed by atoms with Crippen LogP contribution in [0.15, 0.2) is 12.3 Å². The zero-order chi connectivity index (χ0) is 18.3. The topological polar surface area (TPSA) is 111 Å². The number of nitrogens with two attached hydrogens (primary N) is 1. The van der Waals surface area contributed by atoms with E-state index in [0.717, 1.165) is 25.9 Å². The van der Waals surface area contributed by atoms with E-state index >= 15 is 0 Å². The Labute approximate surface area is 148 Å². The molecule has 0 spiro atoms. The molecule has 1 aromatic heterocycles. The number of piperidine rings is 1. The van der Waals surface area contributed by atoms with Gasteiger partial charge in [0.2, 0.25) is 5.78 Å². The van der Waals surface area contributed by atoms with Crippen LogP contribution in [0.4, 0.5) is 11.4 Å². The largest absolute Gasteiger partial charge is 0.392 e. The molecule has 0 aliphatic carbocycles. The van der Waals surface area contributed by atoms with Gasteiger partial charge in [-0.2, -0.15) is 0 Å². The van der Waals surface area contributed by atoms with Crippen LogP contribution in [-0.2, 0) is 4.79 Å². The number of anilines is 1. The third-order valence-electron chi connectivity index (χ3n) is 4.70. The molecule has 1 saturated heterocycles. The lowest BCUT2D eigenvalue weighted by atomic mass is 10.0. The third kappa shape index (κ3) is 2.87. The zero-order valence-corrected chi connectivity index (χ0v) is 14.3. The number of nitrogens with zero attached hydrogens (tertiary/aromatic N) is 3. The predicted octanol–water partition coefficient (Wildman–Crippen LogP) is 2.43. The Hall–Kier alpha value is -2.45. The normalized spacial score (nSPS) is 16.2. The summed E-state index contributed by atoms with van der Waals surface area (Å²) in [7, 11) is 2.01. The molecule has 0 unspecified atom stereocenters. The lowest BCUT2D eigenvalue weighted by Crippen LogP contribution is -2.32. The minimum absolute atomic E-state index is 0.0128. The average Bonchev–Trinajstić information content (AvgIpc) is 2.97. The molecule has 1 fully saturated rings. The minimum Gasteiger partial charge on any atom is -0.392 e. The summed E-state index contributed by atoms with van der Waals surface area (Å²) in [6.45, 7) is 1.70. The molecule has 0 amide bonds. The smallest absolute Gasteiger partial charge is 0.294 e. The van der Waals surface area contributed by atoms with Crippen LogP contribution < -0.4 is 5.73 Å². The van der Waals surface area contributed by atoms with E-state index in [0.29, 0.717) is 10.8 Å². The number of nitro benzene ring substituents is 1. The summed E-state index contributed by atoms with van der Waals surface area (Å²) in [5.74, 6) is -0.718. The molecule has 8 nitrogen and oxygen atoms in total. The lowest BCUT2D eigenvalue weighted by Gasteiger charge is -2.30. The molecule has 3 rings (SSSR count). The van der Waals surface area contributed by atoms with E-state index in [1.807, 2.05) is 7.05 Å². The summed E-state index contributed by atoms with van der Waals surface area (Å²) in [6, 6.07) is 1.31. The van der Waals surface area contributed by atoms with Crippen LogP contribution in [0, 0.1) is 10.1 Å². The van der Waals surface area contributed by atoms with Crippen molar-refractivity contribution >= 4 is 45.8 Å². The number of halogens is 1. The number of aldehydes is 1. The van der Waals surface area contributed by atoms with Crippen molar-refractivity contribution in [2.75, 3.05) is 25.9 Å². The first-order valence-electron chi connectivity index (χ1n) is 7.80. The van der Waals surface area contributed by atoms with Crippen LogP contribution in [0.2, 0.25) is 5.02 Å². The van der Waals surface area contributed by atoms with Gasteiger partial charge < -0.3 is 15.2 Å². The Morgan fingerprint density at radius 2 is 2.08 bits per heavy atom. The third-order valence-corrected chi connectivity index (χ3v) is 5.10. The standard InChI is InChI=1S/C16H17ClN4O4/c1-19-4-2-10(3-5-19)20-7-9-6-11(21(24)25)15(18)14(17)13(9)16(20)12(23)8-22/h6-8,10H,2-5,18H2,1H3. The van der Waals surface area contributed by atoms with Gasteiger partial charge in [0.25, 0.3) is 5.69 Å². The van der Waals surface area contributed by atoms with Gasteiger partial charge in [-0.3, -0.25) is 19.7 Å². The number of fused-ring (bicyclic) bond motifs is 1. The van der Waals surface area contributed by atoms with Gasteiger partial charge >= 0.3 is 0 Å². The van der Waals surface area contributed by atoms with Gasteiger partial charge in [0.15, 0.2) is 6.29 Å². The second kappa shape index (κ2) is 6.45.